The lowest BCUT2D eigenvalue weighted by Crippen LogP contribution is -2.47. The van der Waals surface area contributed by atoms with Gasteiger partial charge in [-0.05, 0) is 39.3 Å². The molecule has 0 fully saturated rings. The van der Waals surface area contributed by atoms with Gasteiger partial charge >= 0.3 is 12.0 Å². The molecule has 1 rings (SSSR count). The Morgan fingerprint density at radius 1 is 1.30 bits per heavy atom. The van der Waals surface area contributed by atoms with E-state index in [0.717, 1.165) is 18.6 Å². The number of rotatable bonds is 7. The number of hydrogen-bond acceptors (Lipinski definition) is 3. The molecule has 20 heavy (non-hydrogen) atoms. The zero-order valence-corrected chi connectivity index (χ0v) is 12.1. The average molecular weight is 282 g/mol. The third-order valence-electron chi connectivity index (χ3n) is 3.28. The van der Waals surface area contributed by atoms with E-state index >= 15 is 0 Å². The summed E-state index contributed by atoms with van der Waals surface area (Å²) in [6.45, 7) is 5.13. The van der Waals surface area contributed by atoms with Crippen LogP contribution in [-0.4, -0.2) is 29.2 Å². The van der Waals surface area contributed by atoms with E-state index in [9.17, 15) is 9.59 Å². The molecule has 1 aromatic rings. The van der Waals surface area contributed by atoms with Crippen molar-refractivity contribution in [2.75, 3.05) is 0 Å². The maximum Gasteiger partial charge on any atom is 0.315 e. The van der Waals surface area contributed by atoms with Crippen LogP contribution in [0.4, 0.5) is 4.79 Å². The van der Waals surface area contributed by atoms with Crippen molar-refractivity contribution in [2.24, 2.45) is 5.92 Å². The Labute approximate surface area is 118 Å². The quantitative estimate of drug-likeness (QED) is 0.713. The van der Waals surface area contributed by atoms with Crippen molar-refractivity contribution in [3.05, 3.63) is 24.2 Å². The van der Waals surface area contributed by atoms with Crippen LogP contribution in [0, 0.1) is 5.92 Å². The number of carbonyl (C=O) groups is 2. The molecule has 3 N–H and O–H groups in total. The second kappa shape index (κ2) is 7.57. The average Bonchev–Trinajstić information content (AvgIpc) is 2.88. The highest BCUT2D eigenvalue weighted by Crippen LogP contribution is 2.06. The summed E-state index contributed by atoms with van der Waals surface area (Å²) in [5.74, 6) is -0.672. The summed E-state index contributed by atoms with van der Waals surface area (Å²) in [5.41, 5.74) is 0. The van der Waals surface area contributed by atoms with Gasteiger partial charge in [0.15, 0.2) is 0 Å². The minimum Gasteiger partial charge on any atom is -0.481 e. The Kier molecular flexibility index (Phi) is 6.09. The first kappa shape index (κ1) is 16.1. The SMILES string of the molecule is CC(CCc1ccco1)NC(=O)NC(C)C(C)C(=O)O. The number of carboxylic acid groups (broad SMARTS) is 1. The number of furan rings is 1. The van der Waals surface area contributed by atoms with Crippen molar-refractivity contribution in [3.8, 4) is 0 Å². The van der Waals surface area contributed by atoms with Gasteiger partial charge in [-0.3, -0.25) is 4.79 Å². The van der Waals surface area contributed by atoms with Gasteiger partial charge in [0, 0.05) is 18.5 Å². The Balaban J connectivity index is 2.28. The molecule has 6 heteroatoms. The lowest BCUT2D eigenvalue weighted by atomic mass is 10.0. The van der Waals surface area contributed by atoms with E-state index in [1.54, 1.807) is 20.1 Å². The molecule has 3 unspecified atom stereocenters. The number of carboxylic acids is 1. The molecule has 0 aliphatic carbocycles. The molecule has 0 aromatic carbocycles. The molecule has 0 radical (unpaired) electrons. The van der Waals surface area contributed by atoms with Gasteiger partial charge in [0.25, 0.3) is 0 Å². The second-order valence-electron chi connectivity index (χ2n) is 5.05. The van der Waals surface area contributed by atoms with E-state index in [1.165, 1.54) is 0 Å². The Hall–Kier alpha value is -1.98. The first-order chi connectivity index (χ1) is 9.40. The summed E-state index contributed by atoms with van der Waals surface area (Å²) < 4.78 is 5.22. The smallest absolute Gasteiger partial charge is 0.315 e. The first-order valence-corrected chi connectivity index (χ1v) is 6.72. The summed E-state index contributed by atoms with van der Waals surface area (Å²) >= 11 is 0. The van der Waals surface area contributed by atoms with Gasteiger partial charge in [-0.2, -0.15) is 0 Å². The van der Waals surface area contributed by atoms with E-state index in [2.05, 4.69) is 10.6 Å². The van der Waals surface area contributed by atoms with Crippen molar-refractivity contribution >= 4 is 12.0 Å². The maximum absolute atomic E-state index is 11.7. The van der Waals surface area contributed by atoms with Crippen LogP contribution in [0.3, 0.4) is 0 Å². The molecule has 0 saturated carbocycles. The molecule has 0 saturated heterocycles. The van der Waals surface area contributed by atoms with Gasteiger partial charge in [-0.15, -0.1) is 0 Å². The molecule has 0 spiro atoms. The molecular weight excluding hydrogens is 260 g/mol. The van der Waals surface area contributed by atoms with E-state index in [-0.39, 0.29) is 12.1 Å². The highest BCUT2D eigenvalue weighted by Gasteiger charge is 2.21. The van der Waals surface area contributed by atoms with Gasteiger partial charge in [-0.1, -0.05) is 0 Å². The maximum atomic E-state index is 11.7. The number of amides is 2. The lowest BCUT2D eigenvalue weighted by molar-refractivity contribution is -0.141. The Bertz CT molecular complexity index is 430. The van der Waals surface area contributed by atoms with Crippen LogP contribution in [0.25, 0.3) is 0 Å². The Morgan fingerprint density at radius 2 is 2.00 bits per heavy atom. The normalized spacial score (nSPS) is 15.2. The van der Waals surface area contributed by atoms with Gasteiger partial charge in [-0.25, -0.2) is 4.79 Å². The first-order valence-electron chi connectivity index (χ1n) is 6.72. The largest absolute Gasteiger partial charge is 0.481 e. The van der Waals surface area contributed by atoms with E-state index in [4.69, 9.17) is 9.52 Å². The zero-order chi connectivity index (χ0) is 15.1. The lowest BCUT2D eigenvalue weighted by Gasteiger charge is -2.20. The number of aryl methyl sites for hydroxylation is 1. The highest BCUT2D eigenvalue weighted by atomic mass is 16.4. The summed E-state index contributed by atoms with van der Waals surface area (Å²) in [6.07, 6.45) is 3.12. The topological polar surface area (TPSA) is 91.6 Å². The molecule has 3 atom stereocenters. The van der Waals surface area contributed by atoms with E-state index in [0.29, 0.717) is 0 Å². The van der Waals surface area contributed by atoms with Gasteiger partial charge in [0.05, 0.1) is 12.2 Å². The van der Waals surface area contributed by atoms with Crippen molar-refractivity contribution in [3.63, 3.8) is 0 Å². The number of carbonyl (C=O) groups excluding carboxylic acids is 1. The minimum atomic E-state index is -0.927. The molecule has 0 aliphatic heterocycles. The van der Waals surface area contributed by atoms with Gasteiger partial charge < -0.3 is 20.2 Å². The molecule has 0 aliphatic rings. The van der Waals surface area contributed by atoms with Crippen LogP contribution in [0.15, 0.2) is 22.8 Å². The number of urea groups is 1. The summed E-state index contributed by atoms with van der Waals surface area (Å²) in [6, 6.07) is 2.92. The van der Waals surface area contributed by atoms with Crippen LogP contribution < -0.4 is 10.6 Å². The van der Waals surface area contributed by atoms with Crippen LogP contribution >= 0.6 is 0 Å². The van der Waals surface area contributed by atoms with Crippen LogP contribution in [0.1, 0.15) is 33.0 Å². The van der Waals surface area contributed by atoms with Gasteiger partial charge in [0.2, 0.25) is 0 Å². The van der Waals surface area contributed by atoms with Crippen molar-refractivity contribution < 1.29 is 19.1 Å². The third-order valence-corrected chi connectivity index (χ3v) is 3.28. The Morgan fingerprint density at radius 3 is 2.55 bits per heavy atom. The van der Waals surface area contributed by atoms with E-state index < -0.39 is 17.9 Å². The second-order valence-corrected chi connectivity index (χ2v) is 5.05. The molecule has 1 aromatic heterocycles. The highest BCUT2D eigenvalue weighted by molar-refractivity contribution is 5.76. The molecule has 2 amide bonds. The van der Waals surface area contributed by atoms with Crippen LogP contribution in [-0.2, 0) is 11.2 Å². The molecule has 0 bridgehead atoms. The van der Waals surface area contributed by atoms with Crippen molar-refractivity contribution in [1.82, 2.24) is 10.6 Å². The fourth-order valence-corrected chi connectivity index (χ4v) is 1.70. The fraction of sp³-hybridized carbons (Fsp3) is 0.571. The third kappa shape index (κ3) is 5.34. The molecule has 112 valence electrons. The minimum absolute atomic E-state index is 0.0209. The number of hydrogen-bond donors (Lipinski definition) is 3. The zero-order valence-electron chi connectivity index (χ0n) is 12.1. The van der Waals surface area contributed by atoms with Crippen molar-refractivity contribution in [1.29, 1.82) is 0 Å². The van der Waals surface area contributed by atoms with Crippen LogP contribution in [0.2, 0.25) is 0 Å². The van der Waals surface area contributed by atoms with Crippen LogP contribution in [0.5, 0.6) is 0 Å². The monoisotopic (exact) mass is 282 g/mol. The molecular formula is C14H22N2O4. The number of nitrogens with one attached hydrogen (secondary N) is 2. The van der Waals surface area contributed by atoms with E-state index in [1.807, 2.05) is 19.1 Å². The standard InChI is InChI=1S/C14H22N2O4/c1-9(6-7-12-5-4-8-20-12)15-14(19)16-11(3)10(2)13(17)18/h4-5,8-11H,6-7H2,1-3H3,(H,17,18)(H2,15,16,19). The van der Waals surface area contributed by atoms with Gasteiger partial charge in [0.1, 0.15) is 5.76 Å². The summed E-state index contributed by atoms with van der Waals surface area (Å²) in [7, 11) is 0. The molecule has 6 nitrogen and oxygen atoms in total. The fourth-order valence-electron chi connectivity index (χ4n) is 1.70. The van der Waals surface area contributed by atoms with Crippen molar-refractivity contribution in [2.45, 2.75) is 45.7 Å². The predicted octanol–water partition coefficient (Wildman–Crippen LogP) is 2.01. The number of aliphatic carboxylic acids is 1. The predicted molar refractivity (Wildman–Crippen MR) is 74.4 cm³/mol. The summed E-state index contributed by atoms with van der Waals surface area (Å²) in [5, 5.41) is 14.3. The molecule has 1 heterocycles. The summed E-state index contributed by atoms with van der Waals surface area (Å²) in [4.78, 5) is 22.5.